The predicted molar refractivity (Wildman–Crippen MR) is 136 cm³/mol. The molecule has 0 radical (unpaired) electrons. The molecule has 0 spiro atoms. The molecule has 1 aliphatic rings. The highest BCUT2D eigenvalue weighted by molar-refractivity contribution is 5.97. The van der Waals surface area contributed by atoms with E-state index >= 15 is 0 Å². The molecule has 0 unspecified atom stereocenters. The van der Waals surface area contributed by atoms with Gasteiger partial charge in [-0.2, -0.15) is 5.10 Å². The Morgan fingerprint density at radius 2 is 1.80 bits per heavy atom. The van der Waals surface area contributed by atoms with E-state index in [1.807, 2.05) is 61.7 Å². The van der Waals surface area contributed by atoms with Crippen molar-refractivity contribution in [3.8, 4) is 16.9 Å². The first-order valence-electron chi connectivity index (χ1n) is 12.1. The average Bonchev–Trinajstić information content (AvgIpc) is 3.13. The van der Waals surface area contributed by atoms with E-state index in [-0.39, 0.29) is 23.7 Å². The minimum atomic E-state index is -0.241. The second-order valence-electron chi connectivity index (χ2n) is 9.66. The normalized spacial score (nSPS) is 15.2. The van der Waals surface area contributed by atoms with E-state index < -0.39 is 0 Å². The highest BCUT2D eigenvalue weighted by atomic mass is 19.1. The Hall–Kier alpha value is -3.67. The van der Waals surface area contributed by atoms with Crippen molar-refractivity contribution in [2.45, 2.75) is 53.0 Å². The Kier molecular flexibility index (Phi) is 5.83. The van der Waals surface area contributed by atoms with Crippen LogP contribution in [0.1, 0.15) is 70.7 Å². The van der Waals surface area contributed by atoms with Gasteiger partial charge in [0, 0.05) is 17.5 Å². The van der Waals surface area contributed by atoms with Crippen LogP contribution >= 0.6 is 0 Å². The molecule has 0 fully saturated rings. The Bertz CT molecular complexity index is 1430. The summed E-state index contributed by atoms with van der Waals surface area (Å²) in [6.07, 6.45) is 0.718. The van der Waals surface area contributed by atoms with Crippen LogP contribution in [-0.4, -0.2) is 22.1 Å². The van der Waals surface area contributed by atoms with Gasteiger partial charge in [-0.05, 0) is 73.7 Å². The van der Waals surface area contributed by atoms with Gasteiger partial charge < -0.3 is 10.1 Å². The largest absolute Gasteiger partial charge is 0.493 e. The summed E-state index contributed by atoms with van der Waals surface area (Å²) in [5, 5.41) is 8.09. The lowest BCUT2D eigenvalue weighted by Crippen LogP contribution is -2.33. The molecule has 0 aliphatic carbocycles. The first-order valence-corrected chi connectivity index (χ1v) is 12.1. The number of aryl methyl sites for hydroxylation is 3. The lowest BCUT2D eigenvalue weighted by molar-refractivity contribution is 0.0922. The van der Waals surface area contributed by atoms with E-state index in [0.29, 0.717) is 12.2 Å². The van der Waals surface area contributed by atoms with Gasteiger partial charge in [0.15, 0.2) is 0 Å². The van der Waals surface area contributed by atoms with Crippen molar-refractivity contribution in [1.29, 1.82) is 0 Å². The molecule has 4 aromatic rings. The van der Waals surface area contributed by atoms with Gasteiger partial charge in [0.2, 0.25) is 0 Å². The van der Waals surface area contributed by atoms with E-state index in [0.717, 1.165) is 56.9 Å². The summed E-state index contributed by atoms with van der Waals surface area (Å²) in [5.41, 5.74) is 7.93. The summed E-state index contributed by atoms with van der Waals surface area (Å²) >= 11 is 0. The van der Waals surface area contributed by atoms with E-state index in [1.165, 1.54) is 0 Å². The number of aromatic nitrogens is 2. The van der Waals surface area contributed by atoms with Gasteiger partial charge >= 0.3 is 0 Å². The third-order valence-electron chi connectivity index (χ3n) is 6.81. The fraction of sp³-hybridized carbons (Fsp3) is 0.310. The van der Waals surface area contributed by atoms with Gasteiger partial charge in [0.05, 0.1) is 35.1 Å². The minimum absolute atomic E-state index is 0.0592. The van der Waals surface area contributed by atoms with Crippen molar-refractivity contribution in [3.05, 3.63) is 88.0 Å². The number of nitrogens with zero attached hydrogens (tertiary/aromatic N) is 2. The quantitative estimate of drug-likeness (QED) is 0.372. The summed E-state index contributed by atoms with van der Waals surface area (Å²) < 4.78 is 21.6. The number of hydrogen-bond donors (Lipinski definition) is 1. The number of ether oxygens (including phenoxy) is 1. The molecule has 1 N–H and O–H groups in total. The first kappa shape index (κ1) is 23.1. The van der Waals surface area contributed by atoms with E-state index in [1.54, 1.807) is 12.1 Å². The molecule has 0 saturated heterocycles. The molecule has 5 nitrogen and oxygen atoms in total. The number of nitrogens with one attached hydrogen (secondary N) is 1. The highest BCUT2D eigenvalue weighted by Gasteiger charge is 2.27. The van der Waals surface area contributed by atoms with Crippen LogP contribution in [0, 0.1) is 26.6 Å². The van der Waals surface area contributed by atoms with Crippen molar-refractivity contribution in [2.24, 2.45) is 0 Å². The summed E-state index contributed by atoms with van der Waals surface area (Å²) in [5.74, 6) is 0.514. The topological polar surface area (TPSA) is 55.6 Å². The third kappa shape index (κ3) is 3.97. The summed E-state index contributed by atoms with van der Waals surface area (Å²) in [6.45, 7) is 10.5. The fourth-order valence-electron chi connectivity index (χ4n) is 5.33. The van der Waals surface area contributed by atoms with Crippen LogP contribution in [0.3, 0.4) is 0 Å². The third-order valence-corrected chi connectivity index (χ3v) is 6.81. The number of para-hydroxylation sites is 1. The number of halogens is 1. The minimum Gasteiger partial charge on any atom is -0.493 e. The molecule has 0 bridgehead atoms. The Morgan fingerprint density at radius 3 is 2.51 bits per heavy atom. The van der Waals surface area contributed by atoms with Gasteiger partial charge in [-0.1, -0.05) is 32.0 Å². The number of carbonyl (C=O) groups is 1. The van der Waals surface area contributed by atoms with Crippen molar-refractivity contribution < 1.29 is 13.9 Å². The van der Waals surface area contributed by atoms with E-state index in [2.05, 4.69) is 19.2 Å². The second kappa shape index (κ2) is 8.84. The zero-order chi connectivity index (χ0) is 24.9. The fourth-order valence-corrected chi connectivity index (χ4v) is 5.33. The highest BCUT2D eigenvalue weighted by Crippen LogP contribution is 2.37. The monoisotopic (exact) mass is 471 g/mol. The Balaban J connectivity index is 1.60. The molecular weight excluding hydrogens is 441 g/mol. The van der Waals surface area contributed by atoms with Crippen LogP contribution < -0.4 is 10.1 Å². The number of hydrogen-bond acceptors (Lipinski definition) is 3. The summed E-state index contributed by atoms with van der Waals surface area (Å²) in [6, 6.07) is 14.7. The van der Waals surface area contributed by atoms with Gasteiger partial charge in [-0.15, -0.1) is 0 Å². The number of carbonyl (C=O) groups excluding carboxylic acids is 1. The van der Waals surface area contributed by atoms with Gasteiger partial charge in [-0.3, -0.25) is 4.79 Å². The predicted octanol–water partition coefficient (Wildman–Crippen LogP) is 6.44. The molecule has 5 rings (SSSR count). The molecule has 35 heavy (non-hydrogen) atoms. The molecule has 6 heteroatoms. The molecule has 1 aliphatic heterocycles. The molecule has 0 saturated carbocycles. The second-order valence-corrected chi connectivity index (χ2v) is 9.66. The maximum absolute atomic E-state index is 14.0. The summed E-state index contributed by atoms with van der Waals surface area (Å²) in [4.78, 5) is 13.6. The van der Waals surface area contributed by atoms with Crippen LogP contribution in [0.5, 0.6) is 5.75 Å². The smallest absolute Gasteiger partial charge is 0.253 e. The lowest BCUT2D eigenvalue weighted by Gasteiger charge is -2.27. The SMILES string of the molecule is Cc1cc(F)cc(C)c1-c1c(C)nn2c(C(C)C)c(C(=O)N[C@H]3CCOc4ccccc43)ccc12. The zero-order valence-electron chi connectivity index (χ0n) is 20.8. The number of pyridine rings is 1. The van der Waals surface area contributed by atoms with Crippen LogP contribution in [0.25, 0.3) is 16.6 Å². The van der Waals surface area contributed by atoms with Crippen LogP contribution in [0.2, 0.25) is 0 Å². The molecule has 3 heterocycles. The van der Waals surface area contributed by atoms with Crippen molar-refractivity contribution >= 4 is 11.4 Å². The maximum Gasteiger partial charge on any atom is 0.253 e. The van der Waals surface area contributed by atoms with Crippen molar-refractivity contribution in [2.75, 3.05) is 6.61 Å². The standard InChI is InChI=1S/C29H30FN3O2/c1-16(2)28-22(29(34)31-23-12-13-35-25-9-7-6-8-21(23)25)10-11-24-27(19(5)32-33(24)28)26-17(3)14-20(30)15-18(26)4/h6-11,14-16,23H,12-13H2,1-5H3,(H,31,34)/t23-/m0/s1. The maximum atomic E-state index is 14.0. The molecule has 2 aromatic heterocycles. The van der Waals surface area contributed by atoms with E-state index in [4.69, 9.17) is 9.84 Å². The summed E-state index contributed by atoms with van der Waals surface area (Å²) in [7, 11) is 0. The number of amides is 1. The Labute approximate surface area is 204 Å². The van der Waals surface area contributed by atoms with Crippen molar-refractivity contribution in [3.63, 3.8) is 0 Å². The van der Waals surface area contributed by atoms with Crippen LogP contribution in [0.15, 0.2) is 48.5 Å². The lowest BCUT2D eigenvalue weighted by atomic mass is 9.94. The van der Waals surface area contributed by atoms with Gasteiger partial charge in [0.1, 0.15) is 11.6 Å². The Morgan fingerprint density at radius 1 is 1.09 bits per heavy atom. The average molecular weight is 472 g/mol. The number of benzene rings is 2. The molecule has 1 amide bonds. The molecular formula is C29H30FN3O2. The van der Waals surface area contributed by atoms with Crippen LogP contribution in [-0.2, 0) is 0 Å². The molecule has 180 valence electrons. The van der Waals surface area contributed by atoms with Crippen molar-refractivity contribution in [1.82, 2.24) is 14.9 Å². The number of rotatable bonds is 4. The molecule has 1 atom stereocenters. The van der Waals surface area contributed by atoms with Gasteiger partial charge in [-0.25, -0.2) is 8.91 Å². The van der Waals surface area contributed by atoms with E-state index in [9.17, 15) is 9.18 Å². The first-order chi connectivity index (χ1) is 16.8. The van der Waals surface area contributed by atoms with Gasteiger partial charge in [0.25, 0.3) is 5.91 Å². The number of fused-ring (bicyclic) bond motifs is 2. The van der Waals surface area contributed by atoms with Crippen LogP contribution in [0.4, 0.5) is 4.39 Å². The molecule has 2 aromatic carbocycles. The zero-order valence-corrected chi connectivity index (χ0v) is 20.8.